The summed E-state index contributed by atoms with van der Waals surface area (Å²) in [6.45, 7) is 1.68. The first-order valence-electron chi connectivity index (χ1n) is 9.21. The highest BCUT2D eigenvalue weighted by molar-refractivity contribution is 5.99. The first-order valence-corrected chi connectivity index (χ1v) is 9.21. The summed E-state index contributed by atoms with van der Waals surface area (Å²) in [5.41, 5.74) is 0.121. The molecule has 1 aromatic heterocycles. The molecule has 2 heterocycles. The Bertz CT molecular complexity index is 891. The summed E-state index contributed by atoms with van der Waals surface area (Å²) in [5.74, 6) is -1.64. The maximum atomic E-state index is 13.7. The molecule has 0 spiro atoms. The number of benzene rings is 1. The topological polar surface area (TPSA) is 82.9 Å². The molecule has 4 rings (SSSR count). The Labute approximate surface area is 161 Å². The lowest BCUT2D eigenvalue weighted by Gasteiger charge is -2.34. The van der Waals surface area contributed by atoms with E-state index < -0.39 is 11.7 Å². The van der Waals surface area contributed by atoms with E-state index in [1.165, 1.54) is 18.4 Å². The monoisotopic (exact) mass is 385 g/mol. The van der Waals surface area contributed by atoms with Crippen molar-refractivity contribution in [3.05, 3.63) is 54.2 Å². The molecule has 146 valence electrons. The number of carbonyl (C=O) groups is 3. The zero-order chi connectivity index (χ0) is 19.7. The van der Waals surface area contributed by atoms with Crippen LogP contribution < -0.4 is 5.32 Å². The van der Waals surface area contributed by atoms with Gasteiger partial charge in [-0.2, -0.15) is 0 Å². The number of furan rings is 1. The molecule has 2 aliphatic rings. The van der Waals surface area contributed by atoms with Crippen molar-refractivity contribution >= 4 is 23.4 Å². The van der Waals surface area contributed by atoms with Crippen molar-refractivity contribution in [1.29, 1.82) is 0 Å². The average Bonchev–Trinajstić information content (AvgIpc) is 3.33. The minimum atomic E-state index is -0.503. The number of nitrogens with one attached hydrogen (secondary N) is 1. The van der Waals surface area contributed by atoms with E-state index in [0.717, 1.165) is 0 Å². The molecule has 0 bridgehead atoms. The third kappa shape index (κ3) is 3.62. The van der Waals surface area contributed by atoms with Crippen LogP contribution in [0.1, 0.15) is 17.0 Å². The molecule has 2 fully saturated rings. The van der Waals surface area contributed by atoms with E-state index in [4.69, 9.17) is 4.42 Å². The van der Waals surface area contributed by atoms with E-state index in [1.807, 2.05) is 0 Å². The van der Waals surface area contributed by atoms with E-state index in [9.17, 15) is 18.8 Å². The molecule has 8 heteroatoms. The fourth-order valence-electron chi connectivity index (χ4n) is 3.47. The van der Waals surface area contributed by atoms with Crippen LogP contribution in [0.25, 0.3) is 0 Å². The number of halogens is 1. The van der Waals surface area contributed by atoms with Crippen LogP contribution >= 0.6 is 0 Å². The standard InChI is InChI=1S/C20H20FN3O4/c21-15-4-1-2-5-16(15)22-18(25)13-12-14(13)19(26)23-7-9-24(10-8-23)20(27)17-6-3-11-28-17/h1-6,11,13-14H,7-10,12H2,(H,22,25). The highest BCUT2D eigenvalue weighted by Crippen LogP contribution is 2.41. The fourth-order valence-corrected chi connectivity index (χ4v) is 3.47. The molecule has 0 radical (unpaired) electrons. The minimum absolute atomic E-state index is 0.0845. The highest BCUT2D eigenvalue weighted by Gasteiger charge is 2.50. The van der Waals surface area contributed by atoms with Crippen LogP contribution in [0.15, 0.2) is 47.1 Å². The van der Waals surface area contributed by atoms with E-state index in [2.05, 4.69) is 5.32 Å². The predicted octanol–water partition coefficient (Wildman–Crippen LogP) is 1.98. The van der Waals surface area contributed by atoms with Gasteiger partial charge in [-0.3, -0.25) is 14.4 Å². The molecule has 1 aromatic carbocycles. The summed E-state index contributed by atoms with van der Waals surface area (Å²) in [7, 11) is 0. The normalized spacial score (nSPS) is 21.3. The average molecular weight is 385 g/mol. The van der Waals surface area contributed by atoms with Crippen LogP contribution in [0.2, 0.25) is 0 Å². The third-order valence-corrected chi connectivity index (χ3v) is 5.19. The lowest BCUT2D eigenvalue weighted by molar-refractivity contribution is -0.135. The number of rotatable bonds is 4. The van der Waals surface area contributed by atoms with E-state index in [0.29, 0.717) is 32.6 Å². The van der Waals surface area contributed by atoms with Crippen LogP contribution in [-0.4, -0.2) is 53.7 Å². The van der Waals surface area contributed by atoms with Gasteiger partial charge in [0.2, 0.25) is 11.8 Å². The maximum absolute atomic E-state index is 13.7. The van der Waals surface area contributed by atoms with Crippen molar-refractivity contribution in [2.75, 3.05) is 31.5 Å². The number of nitrogens with zero attached hydrogens (tertiary/aromatic N) is 2. The molecular weight excluding hydrogens is 365 g/mol. The van der Waals surface area contributed by atoms with Gasteiger partial charge in [0.25, 0.3) is 5.91 Å². The zero-order valence-corrected chi connectivity index (χ0v) is 15.1. The summed E-state index contributed by atoms with van der Waals surface area (Å²) >= 11 is 0. The molecule has 1 aliphatic heterocycles. The van der Waals surface area contributed by atoms with Gasteiger partial charge in [0.1, 0.15) is 5.82 Å². The van der Waals surface area contributed by atoms with E-state index in [1.54, 1.807) is 34.1 Å². The second-order valence-electron chi connectivity index (χ2n) is 7.01. The number of carbonyl (C=O) groups excluding carboxylic acids is 3. The molecule has 2 unspecified atom stereocenters. The summed E-state index contributed by atoms with van der Waals surface area (Å²) in [6, 6.07) is 9.22. The van der Waals surface area contributed by atoms with Gasteiger partial charge in [0.15, 0.2) is 5.76 Å². The number of anilines is 1. The molecule has 1 saturated heterocycles. The second kappa shape index (κ2) is 7.46. The van der Waals surface area contributed by atoms with Crippen LogP contribution in [-0.2, 0) is 9.59 Å². The molecule has 2 atom stereocenters. The Kier molecular flexibility index (Phi) is 4.85. The molecule has 1 aliphatic carbocycles. The van der Waals surface area contributed by atoms with Gasteiger partial charge >= 0.3 is 0 Å². The largest absolute Gasteiger partial charge is 0.459 e. The quantitative estimate of drug-likeness (QED) is 0.872. The fraction of sp³-hybridized carbons (Fsp3) is 0.350. The van der Waals surface area contributed by atoms with E-state index >= 15 is 0 Å². The maximum Gasteiger partial charge on any atom is 0.289 e. The summed E-state index contributed by atoms with van der Waals surface area (Å²) < 4.78 is 18.8. The number of hydrogen-bond donors (Lipinski definition) is 1. The van der Waals surface area contributed by atoms with Crippen LogP contribution in [0.4, 0.5) is 10.1 Å². The predicted molar refractivity (Wildman–Crippen MR) is 97.8 cm³/mol. The van der Waals surface area contributed by atoms with Crippen molar-refractivity contribution in [1.82, 2.24) is 9.80 Å². The first kappa shape index (κ1) is 18.2. The Morgan fingerprint density at radius 2 is 1.68 bits per heavy atom. The molecule has 1 N–H and O–H groups in total. The Balaban J connectivity index is 1.28. The smallest absolute Gasteiger partial charge is 0.289 e. The highest BCUT2D eigenvalue weighted by atomic mass is 19.1. The van der Waals surface area contributed by atoms with Gasteiger partial charge in [-0.05, 0) is 30.7 Å². The number of piperazine rings is 1. The van der Waals surface area contributed by atoms with Gasteiger partial charge < -0.3 is 19.5 Å². The van der Waals surface area contributed by atoms with Crippen molar-refractivity contribution in [3.8, 4) is 0 Å². The molecule has 7 nitrogen and oxygen atoms in total. The van der Waals surface area contributed by atoms with Gasteiger partial charge in [0.05, 0.1) is 23.8 Å². The number of hydrogen-bond acceptors (Lipinski definition) is 4. The van der Waals surface area contributed by atoms with Crippen LogP contribution in [0, 0.1) is 17.7 Å². The Hall–Kier alpha value is -3.16. The first-order chi connectivity index (χ1) is 13.5. The van der Waals surface area contributed by atoms with Crippen LogP contribution in [0.5, 0.6) is 0 Å². The van der Waals surface area contributed by atoms with E-state index in [-0.39, 0.29) is 35.1 Å². The Morgan fingerprint density at radius 1 is 0.964 bits per heavy atom. The molecule has 2 aromatic rings. The molecule has 28 heavy (non-hydrogen) atoms. The SMILES string of the molecule is O=C(Nc1ccccc1F)C1CC1C(=O)N1CCN(C(=O)c2ccco2)CC1. The summed E-state index contributed by atoms with van der Waals surface area (Å²) in [5, 5.41) is 2.55. The zero-order valence-electron chi connectivity index (χ0n) is 15.1. The van der Waals surface area contributed by atoms with Crippen molar-refractivity contribution in [2.24, 2.45) is 11.8 Å². The molecule has 1 saturated carbocycles. The lowest BCUT2D eigenvalue weighted by atomic mass is 10.2. The van der Waals surface area contributed by atoms with Gasteiger partial charge in [-0.1, -0.05) is 12.1 Å². The van der Waals surface area contributed by atoms with Crippen molar-refractivity contribution in [2.45, 2.75) is 6.42 Å². The number of para-hydroxylation sites is 1. The van der Waals surface area contributed by atoms with Gasteiger partial charge in [-0.15, -0.1) is 0 Å². The van der Waals surface area contributed by atoms with Gasteiger partial charge in [0, 0.05) is 26.2 Å². The Morgan fingerprint density at radius 3 is 2.36 bits per heavy atom. The second-order valence-corrected chi connectivity index (χ2v) is 7.01. The van der Waals surface area contributed by atoms with Crippen molar-refractivity contribution in [3.63, 3.8) is 0 Å². The molecule has 3 amide bonds. The third-order valence-electron chi connectivity index (χ3n) is 5.19. The number of amides is 3. The van der Waals surface area contributed by atoms with Crippen molar-refractivity contribution < 1.29 is 23.2 Å². The lowest BCUT2D eigenvalue weighted by Crippen LogP contribution is -2.51. The summed E-state index contributed by atoms with van der Waals surface area (Å²) in [6.07, 6.45) is 1.91. The summed E-state index contributed by atoms with van der Waals surface area (Å²) in [4.78, 5) is 40.5. The minimum Gasteiger partial charge on any atom is -0.459 e. The molecular formula is C20H20FN3O4. The van der Waals surface area contributed by atoms with Crippen LogP contribution in [0.3, 0.4) is 0 Å². The van der Waals surface area contributed by atoms with Gasteiger partial charge in [-0.25, -0.2) is 4.39 Å².